The molecule has 0 aliphatic carbocycles. The Hall–Kier alpha value is -2.91. The number of carbonyl (C=O) groups is 1. The molecule has 1 aliphatic heterocycles. The van der Waals surface area contributed by atoms with Crippen LogP contribution in [0.4, 0.5) is 10.2 Å². The molecular weight excluding hydrogens is 465 g/mol. The van der Waals surface area contributed by atoms with E-state index in [0.29, 0.717) is 41.6 Å². The number of unbranched alkanes of at least 4 members (excludes halogenated alkanes) is 1. The summed E-state index contributed by atoms with van der Waals surface area (Å²) in [5, 5.41) is 4.71. The summed E-state index contributed by atoms with van der Waals surface area (Å²) in [6.45, 7) is 0.663. The molecule has 3 aromatic rings. The number of nitrogens with zero attached hydrogens (tertiary/aromatic N) is 5. The van der Waals surface area contributed by atoms with Crippen LogP contribution in [-0.2, 0) is 6.54 Å². The Labute approximate surface area is 201 Å². The van der Waals surface area contributed by atoms with Gasteiger partial charge in [0.2, 0.25) is 11.6 Å². The smallest absolute Gasteiger partial charge is 0.217 e. The minimum atomic E-state index is -0.311. The third-order valence-corrected chi connectivity index (χ3v) is 6.33. The van der Waals surface area contributed by atoms with Gasteiger partial charge in [-0.3, -0.25) is 4.79 Å². The number of ether oxygens (including phenoxy) is 1. The van der Waals surface area contributed by atoms with Crippen molar-refractivity contribution in [3.8, 4) is 5.75 Å². The van der Waals surface area contributed by atoms with Crippen LogP contribution < -0.4 is 9.64 Å². The van der Waals surface area contributed by atoms with E-state index in [1.807, 2.05) is 11.9 Å². The zero-order valence-electron chi connectivity index (χ0n) is 18.1. The maximum atomic E-state index is 13.8. The van der Waals surface area contributed by atoms with Crippen molar-refractivity contribution in [1.29, 1.82) is 0 Å². The Balaban J connectivity index is 1.26. The third kappa shape index (κ3) is 5.54. The van der Waals surface area contributed by atoms with Crippen molar-refractivity contribution >= 4 is 40.4 Å². The van der Waals surface area contributed by atoms with E-state index in [2.05, 4.69) is 15.1 Å². The molecule has 0 N–H and O–H groups in total. The fourth-order valence-electron chi connectivity index (χ4n) is 3.71. The Morgan fingerprint density at radius 1 is 1.30 bits per heavy atom. The number of Topliss-reactive ketones (excluding diaryl/α,β-unsaturated/α-hetero) is 1. The molecule has 4 rings (SSSR count). The SMILES string of the molecule is CN1C(=S)C(CCCCC(=O)c2ncn(Cc3ccccc3F)n2)COc2cc(Cl)cnc21. The summed E-state index contributed by atoms with van der Waals surface area (Å²) in [5.74, 6) is 1.00. The summed E-state index contributed by atoms with van der Waals surface area (Å²) in [4.78, 5) is 23.5. The van der Waals surface area contributed by atoms with Crippen molar-refractivity contribution in [1.82, 2.24) is 19.7 Å². The second-order valence-electron chi connectivity index (χ2n) is 7.91. The van der Waals surface area contributed by atoms with E-state index in [0.717, 1.165) is 17.8 Å². The Bertz CT molecular complexity index is 1170. The number of ketones is 1. The zero-order chi connectivity index (χ0) is 23.4. The molecule has 0 fully saturated rings. The minimum absolute atomic E-state index is 0.0335. The molecular formula is C23H23ClFN5O2S. The number of rotatable bonds is 8. The summed E-state index contributed by atoms with van der Waals surface area (Å²) in [7, 11) is 1.87. The van der Waals surface area contributed by atoms with Gasteiger partial charge in [-0.25, -0.2) is 19.0 Å². The van der Waals surface area contributed by atoms with Gasteiger partial charge in [-0.2, -0.15) is 0 Å². The zero-order valence-corrected chi connectivity index (χ0v) is 19.7. The van der Waals surface area contributed by atoms with Gasteiger partial charge in [0.25, 0.3) is 0 Å². The lowest BCUT2D eigenvalue weighted by Crippen LogP contribution is -2.32. The van der Waals surface area contributed by atoms with Gasteiger partial charge in [-0.15, -0.1) is 5.10 Å². The van der Waals surface area contributed by atoms with E-state index < -0.39 is 0 Å². The molecule has 1 unspecified atom stereocenters. The molecule has 0 saturated carbocycles. The molecule has 172 valence electrons. The first-order chi connectivity index (χ1) is 15.9. The van der Waals surface area contributed by atoms with Crippen LogP contribution >= 0.6 is 23.8 Å². The highest BCUT2D eigenvalue weighted by atomic mass is 35.5. The second-order valence-corrected chi connectivity index (χ2v) is 8.76. The molecule has 1 atom stereocenters. The van der Waals surface area contributed by atoms with Crippen molar-refractivity contribution in [3.63, 3.8) is 0 Å². The summed E-state index contributed by atoms with van der Waals surface area (Å²) in [6, 6.07) is 8.20. The van der Waals surface area contributed by atoms with E-state index in [9.17, 15) is 9.18 Å². The van der Waals surface area contributed by atoms with Gasteiger partial charge in [0.15, 0.2) is 11.6 Å². The number of benzene rings is 1. The van der Waals surface area contributed by atoms with Crippen LogP contribution in [0.3, 0.4) is 0 Å². The highest BCUT2D eigenvalue weighted by Gasteiger charge is 2.27. The molecule has 0 amide bonds. The van der Waals surface area contributed by atoms with Gasteiger partial charge in [0, 0.05) is 37.2 Å². The number of hydrogen-bond donors (Lipinski definition) is 0. The summed E-state index contributed by atoms with van der Waals surface area (Å²) in [6.07, 6.45) is 5.62. The number of hydrogen-bond acceptors (Lipinski definition) is 6. The van der Waals surface area contributed by atoms with Crippen LogP contribution in [0.2, 0.25) is 5.02 Å². The van der Waals surface area contributed by atoms with Gasteiger partial charge in [0.05, 0.1) is 23.2 Å². The van der Waals surface area contributed by atoms with Crippen LogP contribution in [0.5, 0.6) is 5.75 Å². The molecule has 2 aromatic heterocycles. The Kier molecular flexibility index (Phi) is 7.29. The molecule has 0 saturated heterocycles. The first kappa shape index (κ1) is 23.3. The molecule has 0 bridgehead atoms. The molecule has 0 radical (unpaired) electrons. The van der Waals surface area contributed by atoms with E-state index in [-0.39, 0.29) is 29.9 Å². The van der Waals surface area contributed by atoms with E-state index in [4.69, 9.17) is 28.6 Å². The van der Waals surface area contributed by atoms with Gasteiger partial charge >= 0.3 is 0 Å². The van der Waals surface area contributed by atoms with Crippen LogP contribution in [0.15, 0.2) is 42.9 Å². The summed E-state index contributed by atoms with van der Waals surface area (Å²) >= 11 is 11.7. The van der Waals surface area contributed by atoms with Crippen molar-refractivity contribution in [3.05, 3.63) is 65.1 Å². The number of thiocarbonyl (C=S) groups is 1. The molecule has 0 spiro atoms. The topological polar surface area (TPSA) is 73.1 Å². The molecule has 7 nitrogen and oxygen atoms in total. The lowest BCUT2D eigenvalue weighted by molar-refractivity contribution is 0.0968. The average molecular weight is 488 g/mol. The summed E-state index contributed by atoms with van der Waals surface area (Å²) in [5.41, 5.74) is 0.493. The maximum Gasteiger partial charge on any atom is 0.217 e. The fraction of sp³-hybridized carbons (Fsp3) is 0.348. The van der Waals surface area contributed by atoms with E-state index >= 15 is 0 Å². The number of carbonyl (C=O) groups excluding carboxylic acids is 1. The number of fused-ring (bicyclic) bond motifs is 1. The number of anilines is 1. The Morgan fingerprint density at radius 3 is 2.94 bits per heavy atom. The number of aromatic nitrogens is 4. The average Bonchev–Trinajstić information content (AvgIpc) is 3.24. The number of pyridine rings is 1. The predicted molar refractivity (Wildman–Crippen MR) is 128 cm³/mol. The quantitative estimate of drug-likeness (QED) is 0.258. The van der Waals surface area contributed by atoms with Gasteiger partial charge in [-0.1, -0.05) is 48.4 Å². The van der Waals surface area contributed by atoms with Crippen LogP contribution in [0.25, 0.3) is 0 Å². The summed E-state index contributed by atoms with van der Waals surface area (Å²) < 4.78 is 21.2. The van der Waals surface area contributed by atoms with Gasteiger partial charge < -0.3 is 9.64 Å². The maximum absolute atomic E-state index is 13.8. The van der Waals surface area contributed by atoms with Crippen molar-refractivity contribution in [2.75, 3.05) is 18.6 Å². The van der Waals surface area contributed by atoms with Gasteiger partial charge in [0.1, 0.15) is 12.1 Å². The van der Waals surface area contributed by atoms with Crippen LogP contribution in [0, 0.1) is 11.7 Å². The van der Waals surface area contributed by atoms with E-state index in [1.165, 1.54) is 17.1 Å². The van der Waals surface area contributed by atoms with Crippen molar-refractivity contribution in [2.45, 2.75) is 32.2 Å². The Morgan fingerprint density at radius 2 is 2.12 bits per heavy atom. The molecule has 10 heteroatoms. The van der Waals surface area contributed by atoms with Crippen molar-refractivity contribution in [2.24, 2.45) is 5.92 Å². The van der Waals surface area contributed by atoms with Crippen LogP contribution in [-0.4, -0.2) is 44.2 Å². The molecule has 33 heavy (non-hydrogen) atoms. The lowest BCUT2D eigenvalue weighted by atomic mass is 10.0. The lowest BCUT2D eigenvalue weighted by Gasteiger charge is -2.21. The largest absolute Gasteiger partial charge is 0.489 e. The monoisotopic (exact) mass is 487 g/mol. The molecule has 1 aliphatic rings. The van der Waals surface area contributed by atoms with E-state index in [1.54, 1.807) is 30.5 Å². The highest BCUT2D eigenvalue weighted by Crippen LogP contribution is 2.33. The van der Waals surface area contributed by atoms with Gasteiger partial charge in [-0.05, 0) is 18.9 Å². The first-order valence-corrected chi connectivity index (χ1v) is 11.4. The second kappa shape index (κ2) is 10.4. The fourth-order valence-corrected chi connectivity index (χ4v) is 4.13. The first-order valence-electron chi connectivity index (χ1n) is 10.6. The van der Waals surface area contributed by atoms with Crippen LogP contribution in [0.1, 0.15) is 41.9 Å². The molecule has 3 heterocycles. The minimum Gasteiger partial charge on any atom is -0.489 e. The number of halogens is 2. The normalized spacial score (nSPS) is 15.7. The highest BCUT2D eigenvalue weighted by molar-refractivity contribution is 7.80. The predicted octanol–water partition coefficient (Wildman–Crippen LogP) is 4.73. The van der Waals surface area contributed by atoms with Crippen molar-refractivity contribution < 1.29 is 13.9 Å². The standard InChI is InChI=1S/C23H23ClFN5O2S/c1-29-22-20(10-17(24)11-26-22)32-13-16(23(29)33)7-3-5-9-19(31)21-27-14-30(28-21)12-15-6-2-4-8-18(15)25/h2,4,6,8,10-11,14,16H,3,5,7,9,12-13H2,1H3. The third-order valence-electron chi connectivity index (χ3n) is 5.52. The molecule has 1 aromatic carbocycles.